The molecule has 0 saturated carbocycles. The van der Waals surface area contributed by atoms with Gasteiger partial charge in [-0.1, -0.05) is 6.92 Å². The average Bonchev–Trinajstić information content (AvgIpc) is 2.82. The van der Waals surface area contributed by atoms with Crippen LogP contribution in [0.15, 0.2) is 11.9 Å². The highest BCUT2D eigenvalue weighted by Gasteiger charge is 2.11. The minimum atomic E-state index is 0.413. The number of hydrogen-bond donors (Lipinski definition) is 3. The van der Waals surface area contributed by atoms with Gasteiger partial charge in [-0.2, -0.15) is 5.10 Å². The Bertz CT molecular complexity index is 417. The van der Waals surface area contributed by atoms with Gasteiger partial charge in [-0.3, -0.25) is 15.4 Å². The molecule has 0 aliphatic rings. The summed E-state index contributed by atoms with van der Waals surface area (Å²) < 4.78 is 0. The SMILES string of the molecule is CCc1[nH]ncc1CCC(C)N(C)CC(N)=C=N. The highest BCUT2D eigenvalue weighted by atomic mass is 15.1. The van der Waals surface area contributed by atoms with Gasteiger partial charge in [-0.15, -0.1) is 0 Å². The first-order valence-electron chi connectivity index (χ1n) is 6.33. The maximum absolute atomic E-state index is 6.96. The summed E-state index contributed by atoms with van der Waals surface area (Å²) in [5.74, 6) is 2.23. The van der Waals surface area contributed by atoms with Gasteiger partial charge in [-0.25, -0.2) is 0 Å². The summed E-state index contributed by atoms with van der Waals surface area (Å²) in [7, 11) is 2.02. The number of hydrogen-bond acceptors (Lipinski definition) is 4. The Morgan fingerprint density at radius 1 is 1.67 bits per heavy atom. The van der Waals surface area contributed by atoms with Crippen molar-refractivity contribution in [1.29, 1.82) is 5.41 Å². The monoisotopic (exact) mass is 249 g/mol. The predicted molar refractivity (Wildman–Crippen MR) is 73.8 cm³/mol. The first kappa shape index (κ1) is 14.5. The molecule has 1 unspecified atom stereocenters. The molecule has 1 rings (SSSR count). The molecule has 0 radical (unpaired) electrons. The summed E-state index contributed by atoms with van der Waals surface area (Å²) in [4.78, 5) is 2.14. The minimum absolute atomic E-state index is 0.413. The lowest BCUT2D eigenvalue weighted by Crippen LogP contribution is -2.33. The summed E-state index contributed by atoms with van der Waals surface area (Å²) in [6.07, 6.45) is 4.97. The van der Waals surface area contributed by atoms with Gasteiger partial charge in [0.1, 0.15) is 0 Å². The normalized spacial score (nSPS) is 12.4. The number of aryl methyl sites for hydroxylation is 2. The summed E-state index contributed by atoms with van der Waals surface area (Å²) in [5, 5.41) is 14.1. The third kappa shape index (κ3) is 4.02. The van der Waals surface area contributed by atoms with Crippen molar-refractivity contribution in [2.75, 3.05) is 13.6 Å². The van der Waals surface area contributed by atoms with Gasteiger partial charge >= 0.3 is 0 Å². The van der Waals surface area contributed by atoms with Crippen molar-refractivity contribution < 1.29 is 0 Å². The molecule has 1 heterocycles. The van der Waals surface area contributed by atoms with Crippen LogP contribution in [0.5, 0.6) is 0 Å². The quantitative estimate of drug-likeness (QED) is 0.637. The lowest BCUT2D eigenvalue weighted by Gasteiger charge is -2.24. The van der Waals surface area contributed by atoms with Crippen molar-refractivity contribution in [3.05, 3.63) is 23.2 Å². The van der Waals surface area contributed by atoms with Crippen LogP contribution < -0.4 is 5.73 Å². The predicted octanol–water partition coefficient (Wildman–Crippen LogP) is 1.32. The van der Waals surface area contributed by atoms with Crippen LogP contribution in [-0.4, -0.2) is 40.6 Å². The summed E-state index contributed by atoms with van der Waals surface area (Å²) >= 11 is 0. The summed E-state index contributed by atoms with van der Waals surface area (Å²) in [6, 6.07) is 0.413. The van der Waals surface area contributed by atoms with Crippen molar-refractivity contribution in [3.8, 4) is 0 Å². The van der Waals surface area contributed by atoms with Crippen LogP contribution in [0.25, 0.3) is 0 Å². The van der Waals surface area contributed by atoms with Crippen LogP contribution in [0.2, 0.25) is 0 Å². The molecule has 100 valence electrons. The van der Waals surface area contributed by atoms with Crippen LogP contribution in [0.3, 0.4) is 0 Å². The van der Waals surface area contributed by atoms with Gasteiger partial charge in [-0.05, 0) is 38.8 Å². The minimum Gasteiger partial charge on any atom is -0.393 e. The highest BCUT2D eigenvalue weighted by molar-refractivity contribution is 5.53. The Morgan fingerprint density at radius 3 is 3.00 bits per heavy atom. The Balaban J connectivity index is 2.45. The van der Waals surface area contributed by atoms with Gasteiger partial charge in [0.15, 0.2) is 0 Å². The fraction of sp³-hybridized carbons (Fsp3) is 0.615. The molecule has 1 atom stereocenters. The van der Waals surface area contributed by atoms with Crippen LogP contribution in [-0.2, 0) is 12.8 Å². The zero-order valence-electron chi connectivity index (χ0n) is 11.5. The van der Waals surface area contributed by atoms with Gasteiger partial charge in [0.2, 0.25) is 0 Å². The molecule has 4 N–H and O–H groups in total. The van der Waals surface area contributed by atoms with Gasteiger partial charge in [0, 0.05) is 24.2 Å². The highest BCUT2D eigenvalue weighted by Crippen LogP contribution is 2.12. The zero-order valence-corrected chi connectivity index (χ0v) is 11.5. The molecule has 5 nitrogen and oxygen atoms in total. The summed E-state index contributed by atoms with van der Waals surface area (Å²) in [5.41, 5.74) is 8.61. The lowest BCUT2D eigenvalue weighted by molar-refractivity contribution is 0.266. The smallest absolute Gasteiger partial charge is 0.0844 e. The number of rotatable bonds is 7. The van der Waals surface area contributed by atoms with E-state index in [4.69, 9.17) is 11.1 Å². The van der Waals surface area contributed by atoms with Crippen LogP contribution in [0, 0.1) is 5.41 Å². The number of aromatic amines is 1. The van der Waals surface area contributed by atoms with E-state index >= 15 is 0 Å². The molecule has 5 heteroatoms. The Hall–Kier alpha value is -1.58. The molecule has 0 fully saturated rings. The molecule has 0 aliphatic carbocycles. The zero-order chi connectivity index (χ0) is 13.5. The maximum atomic E-state index is 6.96. The number of nitrogens with one attached hydrogen (secondary N) is 2. The molecule has 0 aliphatic heterocycles. The van der Waals surface area contributed by atoms with Crippen molar-refractivity contribution in [1.82, 2.24) is 15.1 Å². The molecule has 0 amide bonds. The van der Waals surface area contributed by atoms with E-state index in [9.17, 15) is 0 Å². The summed E-state index contributed by atoms with van der Waals surface area (Å²) in [6.45, 7) is 4.89. The molecule has 18 heavy (non-hydrogen) atoms. The van der Waals surface area contributed by atoms with Crippen LogP contribution in [0.4, 0.5) is 0 Å². The van der Waals surface area contributed by atoms with Crippen molar-refractivity contribution in [3.63, 3.8) is 0 Å². The van der Waals surface area contributed by atoms with Crippen molar-refractivity contribution in [2.24, 2.45) is 5.73 Å². The van der Waals surface area contributed by atoms with Gasteiger partial charge in [0.25, 0.3) is 0 Å². The van der Waals surface area contributed by atoms with Gasteiger partial charge in [0.05, 0.1) is 11.9 Å². The van der Waals surface area contributed by atoms with E-state index in [1.165, 1.54) is 11.3 Å². The van der Waals surface area contributed by atoms with Gasteiger partial charge < -0.3 is 5.73 Å². The van der Waals surface area contributed by atoms with E-state index in [-0.39, 0.29) is 0 Å². The lowest BCUT2D eigenvalue weighted by atomic mass is 10.0. The average molecular weight is 249 g/mol. The standard InChI is InChI=1S/C13H23N5/c1-4-13-11(8-16-17-13)6-5-10(2)18(3)9-12(15)7-14/h8,10,14H,4-6,9,15H2,1-3H3,(H,16,17). The second-order valence-corrected chi connectivity index (χ2v) is 4.68. The first-order chi connectivity index (χ1) is 8.58. The Kier molecular flexibility index (Phi) is 5.62. The molecule has 0 bridgehead atoms. The molecular formula is C13H23N5. The first-order valence-corrected chi connectivity index (χ1v) is 6.33. The van der Waals surface area contributed by atoms with E-state index in [0.717, 1.165) is 19.3 Å². The van der Waals surface area contributed by atoms with Crippen molar-refractivity contribution in [2.45, 2.75) is 39.2 Å². The van der Waals surface area contributed by atoms with E-state index in [0.29, 0.717) is 18.3 Å². The number of nitrogens with zero attached hydrogens (tertiary/aromatic N) is 2. The van der Waals surface area contributed by atoms with E-state index < -0.39 is 0 Å². The number of likely N-dealkylation sites (N-methyl/N-ethyl adjacent to an activating group) is 1. The van der Waals surface area contributed by atoms with E-state index in [1.807, 2.05) is 13.2 Å². The molecule has 1 aromatic rings. The van der Waals surface area contributed by atoms with Crippen LogP contribution >= 0.6 is 0 Å². The molecular weight excluding hydrogens is 226 g/mol. The third-order valence-electron chi connectivity index (χ3n) is 3.33. The number of aromatic nitrogens is 2. The largest absolute Gasteiger partial charge is 0.393 e. The fourth-order valence-corrected chi connectivity index (χ4v) is 1.91. The fourth-order valence-electron chi connectivity index (χ4n) is 1.91. The molecule has 0 spiro atoms. The Morgan fingerprint density at radius 2 is 2.39 bits per heavy atom. The molecule has 0 saturated heterocycles. The number of nitrogens with two attached hydrogens (primary N) is 1. The second kappa shape index (κ2) is 6.99. The number of H-pyrrole nitrogens is 1. The van der Waals surface area contributed by atoms with E-state index in [2.05, 4.69) is 34.8 Å². The third-order valence-corrected chi connectivity index (χ3v) is 3.33. The Labute approximate surface area is 109 Å². The van der Waals surface area contributed by atoms with E-state index in [1.54, 1.807) is 0 Å². The van der Waals surface area contributed by atoms with Crippen molar-refractivity contribution >= 4 is 5.87 Å². The topological polar surface area (TPSA) is 81.8 Å². The molecule has 0 aromatic carbocycles. The van der Waals surface area contributed by atoms with Crippen LogP contribution in [0.1, 0.15) is 31.5 Å². The second-order valence-electron chi connectivity index (χ2n) is 4.68. The maximum Gasteiger partial charge on any atom is 0.0844 e. The molecule has 1 aromatic heterocycles.